The van der Waals surface area contributed by atoms with E-state index < -0.39 is 17.5 Å². The van der Waals surface area contributed by atoms with Crippen LogP contribution in [0, 0.1) is 0 Å². The van der Waals surface area contributed by atoms with Crippen LogP contribution in [0.1, 0.15) is 25.8 Å². The molecule has 0 unspecified atom stereocenters. The lowest BCUT2D eigenvalue weighted by molar-refractivity contribution is -0.125. The second-order valence-corrected chi connectivity index (χ2v) is 5.31. The van der Waals surface area contributed by atoms with Crippen LogP contribution in [-0.2, 0) is 16.0 Å². The molecule has 1 rings (SSSR count). The summed E-state index contributed by atoms with van der Waals surface area (Å²) in [5, 5.41) is 2.74. The Kier molecular flexibility index (Phi) is 5.06. The van der Waals surface area contributed by atoms with Gasteiger partial charge >= 0.3 is 0 Å². The molecule has 0 aliphatic heterocycles. The van der Waals surface area contributed by atoms with Gasteiger partial charge in [-0.3, -0.25) is 9.59 Å². The van der Waals surface area contributed by atoms with Crippen LogP contribution in [0.3, 0.4) is 0 Å². The van der Waals surface area contributed by atoms with Crippen molar-refractivity contribution < 1.29 is 9.59 Å². The summed E-state index contributed by atoms with van der Waals surface area (Å²) in [7, 11) is 0. The first-order valence-corrected chi connectivity index (χ1v) is 6.20. The van der Waals surface area contributed by atoms with E-state index in [2.05, 4.69) is 5.32 Å². The van der Waals surface area contributed by atoms with Gasteiger partial charge in [0.1, 0.15) is 0 Å². The molecule has 0 aromatic heterocycles. The quantitative estimate of drug-likeness (QED) is 0.689. The van der Waals surface area contributed by atoms with Gasteiger partial charge in [-0.25, -0.2) is 0 Å². The van der Waals surface area contributed by atoms with E-state index in [1.165, 1.54) is 0 Å². The monoisotopic (exact) mass is 263 g/mol. The summed E-state index contributed by atoms with van der Waals surface area (Å²) < 4.78 is 0. The van der Waals surface area contributed by atoms with E-state index in [-0.39, 0.29) is 12.3 Å². The van der Waals surface area contributed by atoms with Crippen molar-refractivity contribution in [3.05, 3.63) is 35.9 Å². The van der Waals surface area contributed by atoms with Crippen molar-refractivity contribution in [3.63, 3.8) is 0 Å². The third-order valence-corrected chi connectivity index (χ3v) is 2.71. The average molecular weight is 263 g/mol. The largest absolute Gasteiger partial charge is 0.370 e. The molecule has 5 heteroatoms. The fraction of sp³-hybridized carbons (Fsp3) is 0.429. The van der Waals surface area contributed by atoms with Crippen LogP contribution in [0.15, 0.2) is 30.3 Å². The normalized spacial score (nSPS) is 12.8. The maximum Gasteiger partial charge on any atom is 0.237 e. The fourth-order valence-electron chi connectivity index (χ4n) is 1.87. The molecule has 104 valence electrons. The molecule has 19 heavy (non-hydrogen) atoms. The van der Waals surface area contributed by atoms with E-state index in [1.807, 2.05) is 30.3 Å². The standard InChI is InChI=1S/C14H21N3O2/c1-14(2,9-12(16)18)17-13(19)11(15)8-10-6-4-3-5-7-10/h3-7,11H,8-9,15H2,1-2H3,(H2,16,18)(H,17,19)/t11-/m0/s1. The number of carbonyl (C=O) groups is 2. The lowest BCUT2D eigenvalue weighted by atomic mass is 9.98. The summed E-state index contributed by atoms with van der Waals surface area (Å²) in [4.78, 5) is 22.9. The van der Waals surface area contributed by atoms with Gasteiger partial charge in [-0.1, -0.05) is 30.3 Å². The molecule has 1 aromatic rings. The molecule has 1 aromatic carbocycles. The van der Waals surface area contributed by atoms with Crippen LogP contribution in [0.25, 0.3) is 0 Å². The lowest BCUT2D eigenvalue weighted by Gasteiger charge is -2.26. The van der Waals surface area contributed by atoms with Gasteiger partial charge in [0.05, 0.1) is 6.04 Å². The van der Waals surface area contributed by atoms with E-state index in [0.717, 1.165) is 5.56 Å². The van der Waals surface area contributed by atoms with Crippen LogP contribution < -0.4 is 16.8 Å². The van der Waals surface area contributed by atoms with Crippen molar-refractivity contribution in [1.82, 2.24) is 5.32 Å². The highest BCUT2D eigenvalue weighted by Gasteiger charge is 2.25. The van der Waals surface area contributed by atoms with E-state index >= 15 is 0 Å². The Morgan fingerprint density at radius 3 is 2.37 bits per heavy atom. The molecule has 0 bridgehead atoms. The van der Waals surface area contributed by atoms with Gasteiger partial charge in [-0.2, -0.15) is 0 Å². The average Bonchev–Trinajstić information content (AvgIpc) is 2.27. The smallest absolute Gasteiger partial charge is 0.237 e. The Morgan fingerprint density at radius 2 is 1.84 bits per heavy atom. The third-order valence-electron chi connectivity index (χ3n) is 2.71. The predicted octanol–water partition coefficient (Wildman–Crippen LogP) is 0.327. The van der Waals surface area contributed by atoms with Crippen LogP contribution >= 0.6 is 0 Å². The van der Waals surface area contributed by atoms with Gasteiger partial charge in [0.25, 0.3) is 0 Å². The number of hydrogen-bond acceptors (Lipinski definition) is 3. The van der Waals surface area contributed by atoms with E-state index in [0.29, 0.717) is 6.42 Å². The fourth-order valence-corrected chi connectivity index (χ4v) is 1.87. The molecule has 0 heterocycles. The molecular formula is C14H21N3O2. The van der Waals surface area contributed by atoms with Crippen LogP contribution in [0.5, 0.6) is 0 Å². The Morgan fingerprint density at radius 1 is 1.26 bits per heavy atom. The molecule has 1 atom stereocenters. The van der Waals surface area contributed by atoms with Crippen molar-refractivity contribution in [3.8, 4) is 0 Å². The second-order valence-electron chi connectivity index (χ2n) is 5.31. The van der Waals surface area contributed by atoms with Crippen molar-refractivity contribution in [1.29, 1.82) is 0 Å². The Bertz CT molecular complexity index is 443. The number of nitrogens with two attached hydrogens (primary N) is 2. The molecule has 0 saturated carbocycles. The van der Waals surface area contributed by atoms with Crippen LogP contribution in [-0.4, -0.2) is 23.4 Å². The summed E-state index contributed by atoms with van der Waals surface area (Å²) >= 11 is 0. The first-order valence-electron chi connectivity index (χ1n) is 6.20. The summed E-state index contributed by atoms with van der Waals surface area (Å²) in [5.74, 6) is -0.739. The maximum absolute atomic E-state index is 12.0. The molecule has 0 aliphatic rings. The van der Waals surface area contributed by atoms with Crippen molar-refractivity contribution in [2.24, 2.45) is 11.5 Å². The van der Waals surface area contributed by atoms with Gasteiger partial charge in [0, 0.05) is 12.0 Å². The van der Waals surface area contributed by atoms with Crippen LogP contribution in [0.2, 0.25) is 0 Å². The minimum absolute atomic E-state index is 0.0802. The molecule has 0 radical (unpaired) electrons. The molecule has 0 spiro atoms. The number of nitrogens with one attached hydrogen (secondary N) is 1. The first-order chi connectivity index (χ1) is 8.80. The van der Waals surface area contributed by atoms with Gasteiger partial charge in [-0.05, 0) is 25.8 Å². The highest BCUT2D eigenvalue weighted by Crippen LogP contribution is 2.09. The number of primary amides is 1. The maximum atomic E-state index is 12.0. The third kappa shape index (κ3) is 5.52. The van der Waals surface area contributed by atoms with Gasteiger partial charge in [-0.15, -0.1) is 0 Å². The van der Waals surface area contributed by atoms with Gasteiger partial charge in [0.2, 0.25) is 11.8 Å². The highest BCUT2D eigenvalue weighted by atomic mass is 16.2. The molecule has 0 fully saturated rings. The number of amides is 2. The lowest BCUT2D eigenvalue weighted by Crippen LogP contribution is -2.52. The van der Waals surface area contributed by atoms with Crippen molar-refractivity contribution in [2.75, 3.05) is 0 Å². The zero-order valence-electron chi connectivity index (χ0n) is 11.3. The summed E-state index contributed by atoms with van der Waals surface area (Å²) in [6, 6.07) is 8.90. The molecule has 0 saturated heterocycles. The minimum atomic E-state index is -0.683. The van der Waals surface area contributed by atoms with Crippen molar-refractivity contribution in [2.45, 2.75) is 38.3 Å². The number of benzene rings is 1. The molecular weight excluding hydrogens is 242 g/mol. The Labute approximate surface area is 113 Å². The van der Waals surface area contributed by atoms with Crippen molar-refractivity contribution >= 4 is 11.8 Å². The molecule has 2 amide bonds. The van der Waals surface area contributed by atoms with Gasteiger partial charge < -0.3 is 16.8 Å². The Hall–Kier alpha value is -1.88. The predicted molar refractivity (Wildman–Crippen MR) is 74.2 cm³/mol. The first kappa shape index (κ1) is 15.2. The molecule has 5 N–H and O–H groups in total. The highest BCUT2D eigenvalue weighted by molar-refractivity contribution is 5.83. The molecule has 5 nitrogen and oxygen atoms in total. The second kappa shape index (κ2) is 6.33. The van der Waals surface area contributed by atoms with E-state index in [4.69, 9.17) is 11.5 Å². The topological polar surface area (TPSA) is 98.2 Å². The molecule has 0 aliphatic carbocycles. The SMILES string of the molecule is CC(C)(CC(N)=O)NC(=O)[C@@H](N)Cc1ccccc1. The number of rotatable bonds is 6. The van der Waals surface area contributed by atoms with Crippen LogP contribution in [0.4, 0.5) is 0 Å². The summed E-state index contributed by atoms with van der Waals surface area (Å²) in [5.41, 5.74) is 11.3. The Balaban J connectivity index is 2.56. The zero-order valence-corrected chi connectivity index (χ0v) is 11.3. The van der Waals surface area contributed by atoms with E-state index in [9.17, 15) is 9.59 Å². The summed E-state index contributed by atoms with van der Waals surface area (Å²) in [6.45, 7) is 3.48. The number of carbonyl (C=O) groups excluding carboxylic acids is 2. The van der Waals surface area contributed by atoms with E-state index in [1.54, 1.807) is 13.8 Å². The number of hydrogen-bond donors (Lipinski definition) is 3. The zero-order chi connectivity index (χ0) is 14.5. The summed E-state index contributed by atoms with van der Waals surface area (Å²) in [6.07, 6.45) is 0.538. The van der Waals surface area contributed by atoms with Gasteiger partial charge in [0.15, 0.2) is 0 Å². The minimum Gasteiger partial charge on any atom is -0.370 e.